The Morgan fingerprint density at radius 3 is 2.36 bits per heavy atom. The molecule has 2 N–H and O–H groups in total. The van der Waals surface area contributed by atoms with Crippen LogP contribution in [-0.2, 0) is 4.79 Å². The van der Waals surface area contributed by atoms with Crippen LogP contribution in [0.2, 0.25) is 0 Å². The number of rotatable bonds is 9. The SMILES string of the molecule is Cc1cc(C(=O)NC(C)c2cnc(OCC(F)(F)C(F)F)c(C)c2)cc(NC(=O)C(C)C)n1. The number of nitrogens with one attached hydrogen (secondary N) is 2. The molecule has 2 heterocycles. The van der Waals surface area contributed by atoms with Crippen molar-refractivity contribution in [1.82, 2.24) is 15.3 Å². The number of pyridine rings is 2. The predicted molar refractivity (Wildman–Crippen MR) is 114 cm³/mol. The maximum absolute atomic E-state index is 13.1. The molecule has 0 aliphatic rings. The second-order valence-electron chi connectivity index (χ2n) is 7.96. The molecular formula is C22H26F4N4O3. The number of carbonyl (C=O) groups excluding carboxylic acids is 2. The number of ether oxygens (including phenoxy) is 1. The molecule has 0 spiro atoms. The zero-order valence-corrected chi connectivity index (χ0v) is 18.9. The summed E-state index contributed by atoms with van der Waals surface area (Å²) in [7, 11) is 0. The molecule has 0 saturated carbocycles. The second-order valence-corrected chi connectivity index (χ2v) is 7.96. The van der Waals surface area contributed by atoms with E-state index < -0.39 is 30.9 Å². The first kappa shape index (κ1) is 26.0. The van der Waals surface area contributed by atoms with Gasteiger partial charge in [0.1, 0.15) is 5.82 Å². The average molecular weight is 470 g/mol. The van der Waals surface area contributed by atoms with Crippen LogP contribution in [0.25, 0.3) is 0 Å². The molecule has 0 saturated heterocycles. The number of amides is 2. The number of halogens is 4. The quantitative estimate of drug-likeness (QED) is 0.528. The van der Waals surface area contributed by atoms with E-state index in [9.17, 15) is 27.2 Å². The van der Waals surface area contributed by atoms with Gasteiger partial charge in [0, 0.05) is 28.9 Å². The standard InChI is InChI=1S/C22H26F4N4O3/c1-11(2)18(31)30-17-8-15(7-13(4)28-17)19(32)29-14(5)16-6-12(3)20(27-9-16)33-10-22(25,26)21(23)24/h6-9,11,14,21H,10H2,1-5H3,(H,29,32)(H,28,30,31). The van der Waals surface area contributed by atoms with Crippen molar-refractivity contribution in [3.05, 3.63) is 46.8 Å². The van der Waals surface area contributed by atoms with Gasteiger partial charge in [-0.15, -0.1) is 0 Å². The Bertz CT molecular complexity index is 1020. The highest BCUT2D eigenvalue weighted by Crippen LogP contribution is 2.26. The number of nitrogens with zero attached hydrogens (tertiary/aromatic N) is 2. The third-order valence-electron chi connectivity index (χ3n) is 4.61. The molecule has 0 aliphatic carbocycles. The Morgan fingerprint density at radius 1 is 1.12 bits per heavy atom. The number of anilines is 1. The molecule has 2 aromatic rings. The topological polar surface area (TPSA) is 93.2 Å². The first-order valence-electron chi connectivity index (χ1n) is 10.2. The molecule has 0 bridgehead atoms. The Labute approximate surface area is 189 Å². The summed E-state index contributed by atoms with van der Waals surface area (Å²) in [6.07, 6.45) is -2.54. The van der Waals surface area contributed by atoms with Crippen LogP contribution in [-0.4, -0.2) is 40.7 Å². The lowest BCUT2D eigenvalue weighted by atomic mass is 10.1. The van der Waals surface area contributed by atoms with Crippen molar-refractivity contribution in [2.75, 3.05) is 11.9 Å². The minimum atomic E-state index is -4.29. The molecular weight excluding hydrogens is 444 g/mol. The maximum Gasteiger partial charge on any atom is 0.340 e. The van der Waals surface area contributed by atoms with Crippen LogP contribution in [0.4, 0.5) is 23.4 Å². The van der Waals surface area contributed by atoms with Gasteiger partial charge in [-0.25, -0.2) is 18.7 Å². The molecule has 1 unspecified atom stereocenters. The van der Waals surface area contributed by atoms with E-state index in [-0.39, 0.29) is 29.1 Å². The van der Waals surface area contributed by atoms with Crippen molar-refractivity contribution in [3.63, 3.8) is 0 Å². The van der Waals surface area contributed by atoms with E-state index in [2.05, 4.69) is 20.6 Å². The van der Waals surface area contributed by atoms with E-state index in [0.29, 0.717) is 16.8 Å². The summed E-state index contributed by atoms with van der Waals surface area (Å²) in [5, 5.41) is 5.43. The van der Waals surface area contributed by atoms with E-state index >= 15 is 0 Å². The van der Waals surface area contributed by atoms with Crippen molar-refractivity contribution < 1.29 is 31.9 Å². The summed E-state index contributed by atoms with van der Waals surface area (Å²) in [6, 6.07) is 4.05. The van der Waals surface area contributed by atoms with E-state index in [4.69, 9.17) is 4.74 Å². The Balaban J connectivity index is 2.09. The van der Waals surface area contributed by atoms with Crippen LogP contribution in [0.5, 0.6) is 5.88 Å². The van der Waals surface area contributed by atoms with Crippen molar-refractivity contribution in [3.8, 4) is 5.88 Å². The van der Waals surface area contributed by atoms with Crippen molar-refractivity contribution in [2.45, 2.75) is 53.0 Å². The van der Waals surface area contributed by atoms with E-state index in [0.717, 1.165) is 0 Å². The minimum Gasteiger partial charge on any atom is -0.471 e. The maximum atomic E-state index is 13.1. The highest BCUT2D eigenvalue weighted by molar-refractivity contribution is 5.97. The Hall–Kier alpha value is -3.24. The molecule has 7 nitrogen and oxygen atoms in total. The van der Waals surface area contributed by atoms with Crippen LogP contribution in [0, 0.1) is 19.8 Å². The summed E-state index contributed by atoms with van der Waals surface area (Å²) in [6.45, 7) is 6.87. The van der Waals surface area contributed by atoms with Gasteiger partial charge < -0.3 is 15.4 Å². The normalized spacial score (nSPS) is 12.6. The van der Waals surface area contributed by atoms with Crippen LogP contribution < -0.4 is 15.4 Å². The Morgan fingerprint density at radius 2 is 1.79 bits per heavy atom. The first-order chi connectivity index (χ1) is 15.3. The number of alkyl halides is 4. The zero-order valence-electron chi connectivity index (χ0n) is 18.9. The van der Waals surface area contributed by atoms with Gasteiger partial charge in [-0.2, -0.15) is 8.78 Å². The third kappa shape index (κ3) is 7.13. The van der Waals surface area contributed by atoms with Gasteiger partial charge in [0.2, 0.25) is 11.8 Å². The van der Waals surface area contributed by atoms with Crippen molar-refractivity contribution in [1.29, 1.82) is 0 Å². The van der Waals surface area contributed by atoms with E-state index in [1.54, 1.807) is 39.8 Å². The summed E-state index contributed by atoms with van der Waals surface area (Å²) < 4.78 is 55.4. The number of aromatic nitrogens is 2. The molecule has 180 valence electrons. The summed E-state index contributed by atoms with van der Waals surface area (Å²) in [4.78, 5) is 32.8. The second kappa shape index (κ2) is 10.6. The molecule has 2 amide bonds. The van der Waals surface area contributed by atoms with Crippen LogP contribution in [0.15, 0.2) is 24.4 Å². The summed E-state index contributed by atoms with van der Waals surface area (Å²) in [5.41, 5.74) is 1.71. The number of carbonyl (C=O) groups is 2. The smallest absolute Gasteiger partial charge is 0.340 e. The molecule has 2 aromatic heterocycles. The fourth-order valence-corrected chi connectivity index (χ4v) is 2.70. The van der Waals surface area contributed by atoms with Crippen molar-refractivity contribution >= 4 is 17.6 Å². The molecule has 11 heteroatoms. The third-order valence-corrected chi connectivity index (χ3v) is 4.61. The molecule has 0 aliphatic heterocycles. The van der Waals surface area contributed by atoms with Crippen LogP contribution in [0.1, 0.15) is 54.0 Å². The highest BCUT2D eigenvalue weighted by atomic mass is 19.3. The zero-order chi connectivity index (χ0) is 24.9. The largest absolute Gasteiger partial charge is 0.471 e. The van der Waals surface area contributed by atoms with E-state index in [1.165, 1.54) is 19.2 Å². The fraction of sp³-hybridized carbons (Fsp3) is 0.455. The summed E-state index contributed by atoms with van der Waals surface area (Å²) >= 11 is 0. The lowest BCUT2D eigenvalue weighted by Gasteiger charge is -2.18. The average Bonchev–Trinajstić information content (AvgIpc) is 2.72. The lowest BCUT2D eigenvalue weighted by molar-refractivity contribution is -0.148. The van der Waals surface area contributed by atoms with Crippen LogP contribution in [0.3, 0.4) is 0 Å². The van der Waals surface area contributed by atoms with Gasteiger partial charge in [-0.1, -0.05) is 13.8 Å². The fourth-order valence-electron chi connectivity index (χ4n) is 2.70. The molecule has 0 fully saturated rings. The number of hydrogen-bond donors (Lipinski definition) is 2. The Kier molecular flexibility index (Phi) is 8.34. The van der Waals surface area contributed by atoms with Gasteiger partial charge in [-0.05, 0) is 44.5 Å². The number of aryl methyl sites for hydroxylation is 2. The monoisotopic (exact) mass is 470 g/mol. The molecule has 1 atom stereocenters. The first-order valence-corrected chi connectivity index (χ1v) is 10.2. The predicted octanol–water partition coefficient (Wildman–Crippen LogP) is 4.46. The van der Waals surface area contributed by atoms with Gasteiger partial charge >= 0.3 is 12.3 Å². The van der Waals surface area contributed by atoms with Gasteiger partial charge in [0.25, 0.3) is 5.91 Å². The molecule has 2 rings (SSSR count). The summed E-state index contributed by atoms with van der Waals surface area (Å²) in [5.74, 6) is -5.15. The molecule has 33 heavy (non-hydrogen) atoms. The lowest BCUT2D eigenvalue weighted by Crippen LogP contribution is -2.34. The molecule has 0 aromatic carbocycles. The molecule has 0 radical (unpaired) electrons. The van der Waals surface area contributed by atoms with Gasteiger partial charge in [-0.3, -0.25) is 9.59 Å². The van der Waals surface area contributed by atoms with Gasteiger partial charge in [0.05, 0.1) is 6.04 Å². The minimum absolute atomic E-state index is 0.201. The van der Waals surface area contributed by atoms with Gasteiger partial charge in [0.15, 0.2) is 6.61 Å². The highest BCUT2D eigenvalue weighted by Gasteiger charge is 2.42. The van der Waals surface area contributed by atoms with Crippen LogP contribution >= 0.6 is 0 Å². The van der Waals surface area contributed by atoms with E-state index in [1.807, 2.05) is 0 Å². The van der Waals surface area contributed by atoms with Crippen molar-refractivity contribution in [2.24, 2.45) is 5.92 Å². The number of hydrogen-bond acceptors (Lipinski definition) is 5.